The lowest BCUT2D eigenvalue weighted by Crippen LogP contribution is -2.32. The van der Waals surface area contributed by atoms with Crippen LogP contribution in [0.5, 0.6) is 0 Å². The molecule has 10 heavy (non-hydrogen) atoms. The average molecular weight is 257 g/mol. The van der Waals surface area contributed by atoms with Crippen molar-refractivity contribution in [3.8, 4) is 0 Å². The van der Waals surface area contributed by atoms with Crippen molar-refractivity contribution < 1.29 is 9.53 Å². The van der Waals surface area contributed by atoms with Gasteiger partial charge in [-0.1, -0.05) is 6.92 Å². The van der Waals surface area contributed by atoms with Gasteiger partial charge in [0.2, 0.25) is 0 Å². The third-order valence-electron chi connectivity index (χ3n) is 1.02. The summed E-state index contributed by atoms with van der Waals surface area (Å²) in [5.74, 6) is -0.315. The number of rotatable bonds is 3. The zero-order valence-corrected chi connectivity index (χ0v) is 8.29. The molecule has 2 atom stereocenters. The molecule has 3 nitrogen and oxygen atoms in total. The van der Waals surface area contributed by atoms with E-state index in [0.29, 0.717) is 6.42 Å². The lowest BCUT2D eigenvalue weighted by Gasteiger charge is -2.10. The topological polar surface area (TPSA) is 52.3 Å². The molecule has 0 aromatic rings. The van der Waals surface area contributed by atoms with E-state index in [0.717, 1.165) is 0 Å². The Morgan fingerprint density at radius 1 is 1.80 bits per heavy atom. The molecule has 0 heterocycles. The molecule has 2 unspecified atom stereocenters. The van der Waals surface area contributed by atoms with Gasteiger partial charge in [0.1, 0.15) is 10.2 Å². The van der Waals surface area contributed by atoms with Crippen LogP contribution in [0.1, 0.15) is 20.3 Å². The smallest absolute Gasteiger partial charge is 0.323 e. The summed E-state index contributed by atoms with van der Waals surface area (Å²) < 4.78 is 4.73. The van der Waals surface area contributed by atoms with Crippen LogP contribution in [0.15, 0.2) is 0 Å². The third kappa shape index (κ3) is 4.05. The molecule has 0 aliphatic heterocycles. The molecule has 0 amide bonds. The Kier molecular flexibility index (Phi) is 4.98. The van der Waals surface area contributed by atoms with Crippen molar-refractivity contribution in [2.45, 2.75) is 30.4 Å². The Morgan fingerprint density at radius 2 is 2.30 bits per heavy atom. The summed E-state index contributed by atoms with van der Waals surface area (Å²) in [5, 5.41) is 0. The summed E-state index contributed by atoms with van der Waals surface area (Å²) >= 11 is 2.01. The fraction of sp³-hybridized carbons (Fsp3) is 0.833. The maximum Gasteiger partial charge on any atom is 0.323 e. The molecule has 4 heteroatoms. The second-order valence-electron chi connectivity index (χ2n) is 1.99. The molecular weight excluding hydrogens is 245 g/mol. The highest BCUT2D eigenvalue weighted by atomic mass is 127. The van der Waals surface area contributed by atoms with Crippen molar-refractivity contribution in [2.75, 3.05) is 0 Å². The first-order valence-electron chi connectivity index (χ1n) is 3.18. The van der Waals surface area contributed by atoms with Crippen LogP contribution in [-0.4, -0.2) is 16.1 Å². The highest BCUT2D eigenvalue weighted by Gasteiger charge is 2.13. The summed E-state index contributed by atoms with van der Waals surface area (Å²) in [6.45, 7) is 3.64. The van der Waals surface area contributed by atoms with E-state index >= 15 is 0 Å². The third-order valence-corrected chi connectivity index (χ3v) is 1.28. The maximum absolute atomic E-state index is 10.8. The minimum absolute atomic E-state index is 0.0947. The van der Waals surface area contributed by atoms with Crippen molar-refractivity contribution in [3.63, 3.8) is 0 Å². The van der Waals surface area contributed by atoms with Crippen molar-refractivity contribution in [2.24, 2.45) is 5.73 Å². The minimum atomic E-state index is -0.461. The number of hydrogen-bond acceptors (Lipinski definition) is 3. The summed E-state index contributed by atoms with van der Waals surface area (Å²) in [6, 6.07) is -0.461. The number of hydrogen-bond donors (Lipinski definition) is 1. The highest BCUT2D eigenvalue weighted by Crippen LogP contribution is 2.02. The molecule has 60 valence electrons. The van der Waals surface area contributed by atoms with Crippen LogP contribution in [0, 0.1) is 0 Å². The number of ether oxygens (including phenoxy) is 1. The van der Waals surface area contributed by atoms with E-state index in [1.807, 2.05) is 29.5 Å². The zero-order valence-electron chi connectivity index (χ0n) is 6.13. The predicted octanol–water partition coefficient (Wildman–Crippen LogP) is 1.05. The van der Waals surface area contributed by atoms with Crippen LogP contribution in [0.25, 0.3) is 0 Å². The van der Waals surface area contributed by atoms with Crippen LogP contribution in [0.3, 0.4) is 0 Å². The molecule has 0 rings (SSSR count). The van der Waals surface area contributed by atoms with E-state index in [2.05, 4.69) is 0 Å². The van der Waals surface area contributed by atoms with E-state index in [4.69, 9.17) is 10.5 Å². The second-order valence-corrected chi connectivity index (χ2v) is 3.75. The van der Waals surface area contributed by atoms with Gasteiger partial charge in [-0.15, -0.1) is 0 Å². The normalized spacial score (nSPS) is 16.0. The fourth-order valence-corrected chi connectivity index (χ4v) is 0.665. The van der Waals surface area contributed by atoms with Gasteiger partial charge in [0, 0.05) is 0 Å². The van der Waals surface area contributed by atoms with Crippen molar-refractivity contribution in [1.82, 2.24) is 0 Å². The van der Waals surface area contributed by atoms with Crippen molar-refractivity contribution in [3.05, 3.63) is 0 Å². The van der Waals surface area contributed by atoms with Gasteiger partial charge < -0.3 is 10.5 Å². The Bertz CT molecular complexity index is 116. The molecule has 0 bridgehead atoms. The molecule has 0 aromatic heterocycles. The second kappa shape index (κ2) is 4.90. The molecule has 2 N–H and O–H groups in total. The van der Waals surface area contributed by atoms with E-state index in [9.17, 15) is 4.79 Å². The maximum atomic E-state index is 10.8. The van der Waals surface area contributed by atoms with Gasteiger partial charge in [-0.05, 0) is 35.9 Å². The molecule has 0 aliphatic carbocycles. The van der Waals surface area contributed by atoms with Gasteiger partial charge >= 0.3 is 5.97 Å². The lowest BCUT2D eigenvalue weighted by atomic mass is 10.2. The van der Waals surface area contributed by atoms with Crippen LogP contribution in [-0.2, 0) is 9.53 Å². The van der Waals surface area contributed by atoms with Gasteiger partial charge in [0.15, 0.2) is 0 Å². The van der Waals surface area contributed by atoms with E-state index in [-0.39, 0.29) is 10.1 Å². The fourth-order valence-electron chi connectivity index (χ4n) is 0.414. The Balaban J connectivity index is 3.62. The number of esters is 1. The van der Waals surface area contributed by atoms with E-state index in [1.165, 1.54) is 0 Å². The number of carbonyl (C=O) groups excluding carboxylic acids is 1. The first-order chi connectivity index (χ1) is 4.57. The summed E-state index contributed by atoms with van der Waals surface area (Å²) in [5.41, 5.74) is 5.39. The molecular formula is C6H12INO2. The first kappa shape index (κ1) is 10.2. The van der Waals surface area contributed by atoms with Crippen LogP contribution in [0.4, 0.5) is 0 Å². The standard InChI is InChI=1S/C6H12INO2/c1-3-5(8)6(9)10-4(2)7/h4-5H,3,8H2,1-2H3. The Morgan fingerprint density at radius 3 is 2.60 bits per heavy atom. The van der Waals surface area contributed by atoms with Crippen molar-refractivity contribution in [1.29, 1.82) is 0 Å². The van der Waals surface area contributed by atoms with Gasteiger partial charge in [-0.2, -0.15) is 0 Å². The molecule has 0 fully saturated rings. The largest absolute Gasteiger partial charge is 0.451 e. The van der Waals surface area contributed by atoms with Crippen LogP contribution >= 0.6 is 22.6 Å². The van der Waals surface area contributed by atoms with Gasteiger partial charge in [-0.3, -0.25) is 4.79 Å². The van der Waals surface area contributed by atoms with Crippen LogP contribution in [0.2, 0.25) is 0 Å². The molecule has 0 saturated heterocycles. The van der Waals surface area contributed by atoms with E-state index < -0.39 is 6.04 Å². The Hall–Kier alpha value is 0.160. The molecule has 0 aliphatic rings. The monoisotopic (exact) mass is 257 g/mol. The zero-order chi connectivity index (χ0) is 8.15. The molecule has 0 radical (unpaired) electrons. The predicted molar refractivity (Wildman–Crippen MR) is 47.8 cm³/mol. The summed E-state index contributed by atoms with van der Waals surface area (Å²) in [6.07, 6.45) is 0.627. The summed E-state index contributed by atoms with van der Waals surface area (Å²) in [4.78, 5) is 10.8. The molecule has 0 aromatic carbocycles. The quantitative estimate of drug-likeness (QED) is 0.467. The van der Waals surface area contributed by atoms with E-state index in [1.54, 1.807) is 6.92 Å². The van der Waals surface area contributed by atoms with Gasteiger partial charge in [-0.25, -0.2) is 0 Å². The number of alkyl halides is 1. The number of nitrogens with two attached hydrogens (primary N) is 1. The Labute approximate surface area is 74.4 Å². The molecule has 0 spiro atoms. The van der Waals surface area contributed by atoms with Gasteiger partial charge in [0.05, 0.1) is 0 Å². The molecule has 0 saturated carbocycles. The summed E-state index contributed by atoms with van der Waals surface area (Å²) in [7, 11) is 0. The lowest BCUT2D eigenvalue weighted by molar-refractivity contribution is -0.145. The number of carbonyl (C=O) groups is 1. The van der Waals surface area contributed by atoms with Crippen LogP contribution < -0.4 is 5.73 Å². The highest BCUT2D eigenvalue weighted by molar-refractivity contribution is 14.1. The van der Waals surface area contributed by atoms with Crippen molar-refractivity contribution >= 4 is 28.6 Å². The SMILES string of the molecule is CCC(N)C(=O)OC(C)I. The average Bonchev–Trinajstić information content (AvgIpc) is 1.85. The number of halogens is 1. The van der Waals surface area contributed by atoms with Gasteiger partial charge in [0.25, 0.3) is 0 Å². The first-order valence-corrected chi connectivity index (χ1v) is 4.42. The minimum Gasteiger partial charge on any atom is -0.451 e.